The summed E-state index contributed by atoms with van der Waals surface area (Å²) < 4.78 is 0. The van der Waals surface area contributed by atoms with E-state index in [4.69, 9.17) is 0 Å². The van der Waals surface area contributed by atoms with Crippen LogP contribution < -0.4 is 5.32 Å². The van der Waals surface area contributed by atoms with Crippen molar-refractivity contribution in [3.63, 3.8) is 0 Å². The third kappa shape index (κ3) is 7.10. The van der Waals surface area contributed by atoms with E-state index >= 15 is 0 Å². The lowest BCUT2D eigenvalue weighted by atomic mass is 9.92. The highest BCUT2D eigenvalue weighted by molar-refractivity contribution is 5.24. The number of nitrogens with one attached hydrogen (secondary N) is 1. The standard InChI is InChI=1S/C19H34N2/c1-7-8-9-17-10-12-18(13-11-17)16(2)20-14-19(3,4)15-21(5)6/h10-13,16,20H,7-9,14-15H2,1-6H3. The second kappa shape index (κ2) is 8.55. The molecule has 21 heavy (non-hydrogen) atoms. The van der Waals surface area contributed by atoms with E-state index in [0.29, 0.717) is 11.5 Å². The van der Waals surface area contributed by atoms with Crippen molar-refractivity contribution in [1.29, 1.82) is 0 Å². The summed E-state index contributed by atoms with van der Waals surface area (Å²) >= 11 is 0. The summed E-state index contributed by atoms with van der Waals surface area (Å²) in [5.41, 5.74) is 3.13. The lowest BCUT2D eigenvalue weighted by Gasteiger charge is -2.30. The first-order valence-electron chi connectivity index (χ1n) is 8.31. The second-order valence-electron chi connectivity index (χ2n) is 7.35. The predicted molar refractivity (Wildman–Crippen MR) is 93.8 cm³/mol. The SMILES string of the molecule is CCCCc1ccc(C(C)NCC(C)(C)CN(C)C)cc1. The molecule has 0 aliphatic heterocycles. The molecule has 2 heteroatoms. The zero-order valence-corrected chi connectivity index (χ0v) is 14.9. The van der Waals surface area contributed by atoms with Crippen LogP contribution in [0.3, 0.4) is 0 Å². The van der Waals surface area contributed by atoms with Crippen molar-refractivity contribution < 1.29 is 0 Å². The first kappa shape index (κ1) is 18.2. The van der Waals surface area contributed by atoms with Gasteiger partial charge in [0, 0.05) is 19.1 Å². The first-order chi connectivity index (χ1) is 9.84. The van der Waals surface area contributed by atoms with Gasteiger partial charge in [0.2, 0.25) is 0 Å². The summed E-state index contributed by atoms with van der Waals surface area (Å²) in [4.78, 5) is 2.26. The van der Waals surface area contributed by atoms with Gasteiger partial charge in [-0.3, -0.25) is 0 Å². The van der Waals surface area contributed by atoms with Crippen molar-refractivity contribution in [1.82, 2.24) is 10.2 Å². The molecule has 0 fully saturated rings. The third-order valence-corrected chi connectivity index (χ3v) is 3.93. The van der Waals surface area contributed by atoms with Crippen LogP contribution in [-0.4, -0.2) is 32.1 Å². The summed E-state index contributed by atoms with van der Waals surface area (Å²) in [6, 6.07) is 9.54. The molecule has 1 N–H and O–H groups in total. The van der Waals surface area contributed by atoms with Gasteiger partial charge < -0.3 is 10.2 Å². The number of rotatable bonds is 9. The normalized spacial score (nSPS) is 13.7. The minimum absolute atomic E-state index is 0.291. The number of benzene rings is 1. The summed E-state index contributed by atoms with van der Waals surface area (Å²) in [5.74, 6) is 0. The van der Waals surface area contributed by atoms with Crippen LogP contribution in [0.5, 0.6) is 0 Å². The Balaban J connectivity index is 2.49. The number of nitrogens with zero attached hydrogens (tertiary/aromatic N) is 1. The number of hydrogen-bond acceptors (Lipinski definition) is 2. The van der Waals surface area contributed by atoms with Gasteiger partial charge in [0.1, 0.15) is 0 Å². The Morgan fingerprint density at radius 1 is 1.14 bits per heavy atom. The lowest BCUT2D eigenvalue weighted by molar-refractivity contribution is 0.227. The maximum Gasteiger partial charge on any atom is 0.0292 e. The highest BCUT2D eigenvalue weighted by Gasteiger charge is 2.19. The molecule has 1 atom stereocenters. The molecule has 0 heterocycles. The van der Waals surface area contributed by atoms with Crippen molar-refractivity contribution in [2.45, 2.75) is 53.0 Å². The monoisotopic (exact) mass is 290 g/mol. The zero-order valence-electron chi connectivity index (χ0n) is 14.9. The van der Waals surface area contributed by atoms with Gasteiger partial charge in [0.05, 0.1) is 0 Å². The quantitative estimate of drug-likeness (QED) is 0.731. The Hall–Kier alpha value is -0.860. The molecule has 0 saturated heterocycles. The van der Waals surface area contributed by atoms with E-state index in [1.165, 1.54) is 30.4 Å². The second-order valence-corrected chi connectivity index (χ2v) is 7.35. The van der Waals surface area contributed by atoms with Crippen LogP contribution in [0.1, 0.15) is 57.7 Å². The van der Waals surface area contributed by atoms with Crippen molar-refractivity contribution in [3.8, 4) is 0 Å². The number of aryl methyl sites for hydroxylation is 1. The molecule has 0 aromatic heterocycles. The van der Waals surface area contributed by atoms with Crippen molar-refractivity contribution in [3.05, 3.63) is 35.4 Å². The minimum atomic E-state index is 0.291. The minimum Gasteiger partial charge on any atom is -0.310 e. The fraction of sp³-hybridized carbons (Fsp3) is 0.684. The van der Waals surface area contributed by atoms with Crippen LogP contribution in [0.15, 0.2) is 24.3 Å². The molecule has 1 aromatic rings. The van der Waals surface area contributed by atoms with Gasteiger partial charge in [-0.25, -0.2) is 0 Å². The van der Waals surface area contributed by atoms with Crippen molar-refractivity contribution in [2.24, 2.45) is 5.41 Å². The summed E-state index contributed by atoms with van der Waals surface area (Å²) in [5, 5.41) is 3.68. The molecule has 1 aromatic carbocycles. The van der Waals surface area contributed by atoms with E-state index < -0.39 is 0 Å². The third-order valence-electron chi connectivity index (χ3n) is 3.93. The molecule has 1 unspecified atom stereocenters. The number of hydrogen-bond donors (Lipinski definition) is 1. The van der Waals surface area contributed by atoms with Crippen LogP contribution in [-0.2, 0) is 6.42 Å². The fourth-order valence-electron chi connectivity index (χ4n) is 2.81. The lowest BCUT2D eigenvalue weighted by Crippen LogP contribution is -2.38. The first-order valence-corrected chi connectivity index (χ1v) is 8.31. The summed E-state index contributed by atoms with van der Waals surface area (Å²) in [6.07, 6.45) is 3.75. The van der Waals surface area contributed by atoms with Gasteiger partial charge in [-0.05, 0) is 50.4 Å². The van der Waals surface area contributed by atoms with Gasteiger partial charge in [-0.1, -0.05) is 51.5 Å². The molecule has 0 aliphatic carbocycles. The smallest absolute Gasteiger partial charge is 0.0292 e. The maximum absolute atomic E-state index is 3.68. The molecule has 0 aliphatic rings. The summed E-state index contributed by atoms with van der Waals surface area (Å²) in [7, 11) is 4.28. The van der Waals surface area contributed by atoms with Crippen LogP contribution in [0.2, 0.25) is 0 Å². The van der Waals surface area contributed by atoms with E-state index in [1.807, 2.05) is 0 Å². The molecule has 1 rings (SSSR count). The van der Waals surface area contributed by atoms with E-state index in [1.54, 1.807) is 0 Å². The van der Waals surface area contributed by atoms with Gasteiger partial charge >= 0.3 is 0 Å². The Labute approximate surface area is 131 Å². The molecule has 0 bridgehead atoms. The number of unbranched alkanes of at least 4 members (excludes halogenated alkanes) is 1. The molecule has 0 amide bonds. The van der Waals surface area contributed by atoms with Crippen molar-refractivity contribution in [2.75, 3.05) is 27.2 Å². The molecule has 0 spiro atoms. The van der Waals surface area contributed by atoms with Crippen LogP contribution >= 0.6 is 0 Å². The van der Waals surface area contributed by atoms with Gasteiger partial charge in [0.15, 0.2) is 0 Å². The average molecular weight is 290 g/mol. The van der Waals surface area contributed by atoms with E-state index in [-0.39, 0.29) is 0 Å². The summed E-state index contributed by atoms with van der Waals surface area (Å²) in [6.45, 7) is 11.3. The van der Waals surface area contributed by atoms with Gasteiger partial charge in [-0.15, -0.1) is 0 Å². The molecule has 2 nitrogen and oxygen atoms in total. The van der Waals surface area contributed by atoms with Crippen LogP contribution in [0, 0.1) is 5.41 Å². The highest BCUT2D eigenvalue weighted by Crippen LogP contribution is 2.19. The fourth-order valence-corrected chi connectivity index (χ4v) is 2.81. The topological polar surface area (TPSA) is 15.3 Å². The molecular weight excluding hydrogens is 256 g/mol. The largest absolute Gasteiger partial charge is 0.310 e. The molecular formula is C19H34N2. The van der Waals surface area contributed by atoms with E-state index in [0.717, 1.165) is 13.1 Å². The van der Waals surface area contributed by atoms with E-state index in [9.17, 15) is 0 Å². The van der Waals surface area contributed by atoms with Crippen molar-refractivity contribution >= 4 is 0 Å². The van der Waals surface area contributed by atoms with Gasteiger partial charge in [0.25, 0.3) is 0 Å². The Morgan fingerprint density at radius 2 is 1.76 bits per heavy atom. The van der Waals surface area contributed by atoms with Crippen LogP contribution in [0.25, 0.3) is 0 Å². The Bertz CT molecular complexity index is 393. The molecule has 120 valence electrons. The molecule has 0 radical (unpaired) electrons. The van der Waals surface area contributed by atoms with E-state index in [2.05, 4.69) is 76.3 Å². The average Bonchev–Trinajstić information content (AvgIpc) is 2.42. The maximum atomic E-state index is 3.68. The van der Waals surface area contributed by atoms with Crippen LogP contribution in [0.4, 0.5) is 0 Å². The predicted octanol–water partition coefficient (Wildman–Crippen LogP) is 4.27. The highest BCUT2D eigenvalue weighted by atomic mass is 15.1. The Kier molecular flexibility index (Phi) is 7.41. The van der Waals surface area contributed by atoms with Gasteiger partial charge in [-0.2, -0.15) is 0 Å². The molecule has 0 saturated carbocycles. The Morgan fingerprint density at radius 3 is 2.29 bits per heavy atom. The zero-order chi connectivity index (χ0) is 15.9.